The molecule has 1 saturated heterocycles. The number of hydrogen-bond acceptors (Lipinski definition) is 16. The number of ether oxygens (including phenoxy) is 1. The molecule has 6 aromatic carbocycles. The van der Waals surface area contributed by atoms with E-state index in [-0.39, 0.29) is 72.5 Å². The number of aromatic nitrogens is 2. The van der Waals surface area contributed by atoms with Crippen LogP contribution >= 0.6 is 0 Å². The molecular formula is C86H110N14O12S2+2. The molecule has 4 aliphatic rings. The molecule has 11 rings (SSSR count). The quantitative estimate of drug-likeness (QED) is 0.00485. The number of para-hydroxylation sites is 1. The first-order chi connectivity index (χ1) is 54.7. The van der Waals surface area contributed by atoms with Gasteiger partial charge in [0.1, 0.15) is 29.7 Å². The standard InChI is InChI=1S/C86H108N14O12S2/c1-9-96(10-2)65-38-42-71-77(57-65)100(64-27-18-13-19-28-64)76-56-62(35-41-70(76)90-71)94-93-61-33-36-63(37-34-61)95(8)49-24-32-81(102)88-47-48-89-82(103)72(91-83(104)73(55-60-25-16-12-17-26-60)92-84(105)97-51-53-112-54-52-97)45-46-87-80(101)31-22-15-23-50-99-75-44-40-67(114(109,110)111)59-69(75)86(6,7)79(99)30-21-14-20-29-78-85(4,5)68-58-66(113(106,107)108)39-43-74(68)98(78)11-3/h13-14,18-21,27-30,33-44,56-60,72-73H,9-12,15-17,22-26,31-32,45-55H2,1-8H3,(H5-2,87,88,89,91,92,101,102,103,104,105,106,107,108,109,110,111)/p+2/t72-,73-/m0/s1. The average Bonchev–Trinajstić information content (AvgIpc) is 1.37. The maximum Gasteiger partial charge on any atom is 0.318 e. The van der Waals surface area contributed by atoms with Gasteiger partial charge >= 0.3 is 6.03 Å². The van der Waals surface area contributed by atoms with Crippen LogP contribution in [0.1, 0.15) is 143 Å². The third kappa shape index (κ3) is 21.0. The minimum absolute atomic E-state index is 0.0329. The van der Waals surface area contributed by atoms with Crippen LogP contribution in [-0.2, 0) is 55.0 Å². The molecule has 1 aromatic heterocycles. The Labute approximate surface area is 669 Å². The van der Waals surface area contributed by atoms with E-state index in [1.54, 1.807) is 17.0 Å². The van der Waals surface area contributed by atoms with Crippen molar-refractivity contribution < 1.29 is 63.8 Å². The summed E-state index contributed by atoms with van der Waals surface area (Å²) in [5.74, 6) is -1.26. The number of likely N-dealkylation sites (N-methyl/N-ethyl adjacent to an activating group) is 1. The van der Waals surface area contributed by atoms with E-state index >= 15 is 0 Å². The second kappa shape index (κ2) is 38.3. The lowest BCUT2D eigenvalue weighted by Crippen LogP contribution is -2.57. The first-order valence-electron chi connectivity index (χ1n) is 40.0. The van der Waals surface area contributed by atoms with Crippen molar-refractivity contribution in [1.29, 1.82) is 0 Å². The molecule has 28 heteroatoms. The lowest BCUT2D eigenvalue weighted by molar-refractivity contribution is -0.538. The summed E-state index contributed by atoms with van der Waals surface area (Å²) in [5.41, 5.74) is 11.7. The number of carbonyl (C=O) groups is 5. The zero-order chi connectivity index (χ0) is 81.3. The van der Waals surface area contributed by atoms with Gasteiger partial charge in [0, 0.05) is 155 Å². The van der Waals surface area contributed by atoms with Crippen molar-refractivity contribution in [3.63, 3.8) is 0 Å². The number of anilines is 3. The van der Waals surface area contributed by atoms with E-state index in [4.69, 9.17) is 9.72 Å². The predicted octanol–water partition coefficient (Wildman–Crippen LogP) is 12.7. The van der Waals surface area contributed by atoms with Crippen molar-refractivity contribution in [2.24, 2.45) is 16.1 Å². The zero-order valence-corrected chi connectivity index (χ0v) is 68.4. The van der Waals surface area contributed by atoms with Crippen LogP contribution in [0.5, 0.6) is 0 Å². The third-order valence-corrected chi connectivity index (χ3v) is 23.9. The normalized spacial score (nSPS) is 16.6. The summed E-state index contributed by atoms with van der Waals surface area (Å²) in [6, 6.07) is 37.1. The summed E-state index contributed by atoms with van der Waals surface area (Å²) < 4.78 is 78.8. The minimum atomic E-state index is -4.52. The number of unbranched alkanes of at least 4 members (excludes halogenated alkanes) is 2. The van der Waals surface area contributed by atoms with Crippen LogP contribution in [0.15, 0.2) is 183 Å². The summed E-state index contributed by atoms with van der Waals surface area (Å²) in [4.78, 5) is 81.9. The molecule has 26 nitrogen and oxygen atoms in total. The van der Waals surface area contributed by atoms with E-state index in [1.165, 1.54) is 24.3 Å². The van der Waals surface area contributed by atoms with Gasteiger partial charge in [-0.2, -0.15) is 31.6 Å². The molecule has 0 radical (unpaired) electrons. The molecular weight excluding hydrogens is 1490 g/mol. The topological polar surface area (TPSA) is 321 Å². The summed E-state index contributed by atoms with van der Waals surface area (Å²) in [7, 11) is -6.97. The van der Waals surface area contributed by atoms with E-state index in [9.17, 15) is 49.9 Å². The number of morpholine rings is 1. The molecule has 0 spiro atoms. The van der Waals surface area contributed by atoms with Crippen LogP contribution < -0.4 is 45.9 Å². The molecule has 7 aromatic rings. The summed E-state index contributed by atoms with van der Waals surface area (Å²) in [6.45, 7) is 19.5. The number of benzene rings is 6. The Morgan fingerprint density at radius 1 is 0.649 bits per heavy atom. The predicted molar refractivity (Wildman–Crippen MR) is 445 cm³/mol. The number of nitrogens with one attached hydrogen (secondary N) is 5. The maximum absolute atomic E-state index is 14.5. The number of rotatable bonds is 35. The van der Waals surface area contributed by atoms with E-state index in [1.807, 2.05) is 133 Å². The van der Waals surface area contributed by atoms with E-state index in [0.29, 0.717) is 95.0 Å². The monoisotopic (exact) mass is 1590 g/mol. The molecule has 606 valence electrons. The molecule has 2 atom stereocenters. The van der Waals surface area contributed by atoms with E-state index < -0.39 is 55.0 Å². The molecule has 0 bridgehead atoms. The van der Waals surface area contributed by atoms with Crippen molar-refractivity contribution in [2.45, 2.75) is 165 Å². The Kier molecular flexibility index (Phi) is 28.4. The zero-order valence-electron chi connectivity index (χ0n) is 66.7. The van der Waals surface area contributed by atoms with Crippen LogP contribution in [0.3, 0.4) is 0 Å². The highest BCUT2D eigenvalue weighted by molar-refractivity contribution is 7.86. The SMILES string of the molecule is CCN(CC)c1ccc2nc3ccc(N=Nc4ccc(N(C)CCCC(=O)NCCNC(=O)[C@H](CCNC(=O)CCCCC[N+]5=C(/C=C/C=C/C=C6\N(CC)c7ccc(S(=O)(=O)O)cc7C6(C)C)C(C)(C)c6cc(S(=O)(=O)O)ccc65)NC(=O)[C@H](CC5CCCCC5)NC(=O)N5CCOCC5)cc4)cc3[n+](-c3ccccc3)c2c1. The second-order valence-electron chi connectivity index (χ2n) is 30.7. The molecule has 3 aliphatic heterocycles. The molecule has 7 N–H and O–H groups in total. The number of allylic oxidation sites excluding steroid dienone is 6. The number of azo groups is 1. The lowest BCUT2D eigenvalue weighted by Gasteiger charge is -2.31. The maximum atomic E-state index is 14.5. The Bertz CT molecular complexity index is 5030. The number of carbonyl (C=O) groups excluding carboxylic acids is 5. The van der Waals surface area contributed by atoms with Crippen LogP contribution in [-0.4, -0.2) is 174 Å². The Morgan fingerprint density at radius 3 is 1.97 bits per heavy atom. The molecule has 1 saturated carbocycles. The van der Waals surface area contributed by atoms with Gasteiger partial charge in [0.15, 0.2) is 5.71 Å². The second-order valence-corrected chi connectivity index (χ2v) is 33.5. The number of hydrogen-bond donors (Lipinski definition) is 7. The van der Waals surface area contributed by atoms with Crippen LogP contribution in [0.4, 0.5) is 38.9 Å². The smallest absolute Gasteiger partial charge is 0.318 e. The fourth-order valence-electron chi connectivity index (χ4n) is 15.9. The fraction of sp³-hybridized carbons (Fsp3) is 0.442. The Hall–Kier alpha value is -10.3. The Balaban J connectivity index is 0.678. The minimum Gasteiger partial charge on any atom is -0.378 e. The van der Waals surface area contributed by atoms with Crippen molar-refractivity contribution >= 4 is 112 Å². The largest absolute Gasteiger partial charge is 0.378 e. The lowest BCUT2D eigenvalue weighted by atomic mass is 9.81. The average molecular weight is 1600 g/mol. The molecule has 0 unspecified atom stereocenters. The van der Waals surface area contributed by atoms with Crippen molar-refractivity contribution in [1.82, 2.24) is 36.5 Å². The molecule has 1 aliphatic carbocycles. The van der Waals surface area contributed by atoms with Gasteiger partial charge in [0.2, 0.25) is 46.0 Å². The summed E-state index contributed by atoms with van der Waals surface area (Å²) >= 11 is 0. The van der Waals surface area contributed by atoms with Crippen molar-refractivity contribution in [3.05, 3.63) is 175 Å². The van der Waals surface area contributed by atoms with Crippen LogP contribution in [0.2, 0.25) is 0 Å². The van der Waals surface area contributed by atoms with Gasteiger partial charge in [0.25, 0.3) is 20.2 Å². The van der Waals surface area contributed by atoms with Gasteiger partial charge in [-0.15, -0.1) is 4.57 Å². The molecule has 6 amide bonds. The third-order valence-electron chi connectivity index (χ3n) is 22.2. The first kappa shape index (κ1) is 84.6. The molecule has 2 fully saturated rings. The van der Waals surface area contributed by atoms with Crippen LogP contribution in [0.25, 0.3) is 27.8 Å². The highest BCUT2D eigenvalue weighted by Gasteiger charge is 2.45. The highest BCUT2D eigenvalue weighted by atomic mass is 32.2. The van der Waals surface area contributed by atoms with E-state index in [0.717, 1.165) is 113 Å². The van der Waals surface area contributed by atoms with E-state index in [2.05, 4.69) is 105 Å². The van der Waals surface area contributed by atoms with Gasteiger partial charge in [-0.05, 0) is 163 Å². The highest BCUT2D eigenvalue weighted by Crippen LogP contribution is 2.49. The van der Waals surface area contributed by atoms with Gasteiger partial charge < -0.3 is 50.9 Å². The number of urea groups is 1. The van der Waals surface area contributed by atoms with Crippen molar-refractivity contribution in [2.75, 3.05) is 100 Å². The number of amides is 6. The van der Waals surface area contributed by atoms with Gasteiger partial charge in [-0.1, -0.05) is 82.4 Å². The van der Waals surface area contributed by atoms with Crippen molar-refractivity contribution in [3.8, 4) is 5.69 Å². The number of nitrogens with zero attached hydrogens (tertiary/aromatic N) is 9. The van der Waals surface area contributed by atoms with Crippen LogP contribution in [0, 0.1) is 5.92 Å². The molecule has 4 heterocycles. The van der Waals surface area contributed by atoms with Gasteiger partial charge in [0.05, 0.1) is 39.8 Å². The fourth-order valence-corrected chi connectivity index (χ4v) is 16.9. The van der Waals surface area contributed by atoms with Gasteiger partial charge in [-0.25, -0.2) is 9.78 Å². The number of fused-ring (bicyclic) bond motifs is 4. The first-order valence-corrected chi connectivity index (χ1v) is 42.8. The Morgan fingerprint density at radius 2 is 1.28 bits per heavy atom. The summed E-state index contributed by atoms with van der Waals surface area (Å²) in [5, 5.41) is 23.9. The molecule has 114 heavy (non-hydrogen) atoms. The van der Waals surface area contributed by atoms with Gasteiger partial charge in [-0.3, -0.25) is 28.3 Å². The summed E-state index contributed by atoms with van der Waals surface area (Å²) in [6.07, 6.45) is 17.8.